The fourth-order valence-electron chi connectivity index (χ4n) is 1.46. The van der Waals surface area contributed by atoms with Crippen molar-refractivity contribution in [2.75, 3.05) is 6.54 Å². The summed E-state index contributed by atoms with van der Waals surface area (Å²) in [7, 11) is 0. The number of thiazole rings is 1. The first-order chi connectivity index (χ1) is 8.66. The molecule has 0 saturated carbocycles. The summed E-state index contributed by atoms with van der Waals surface area (Å²) in [5.74, 6) is 0.524. The molecule has 0 aliphatic heterocycles. The monoisotopic (exact) mass is 280 g/mol. The molecule has 96 valence electrons. The number of hydrogen-bond acceptors (Lipinski definition) is 4. The van der Waals surface area contributed by atoms with Gasteiger partial charge in [0.2, 0.25) is 0 Å². The fourth-order valence-corrected chi connectivity index (χ4v) is 2.97. The number of nitrogens with one attached hydrogen (secondary N) is 1. The summed E-state index contributed by atoms with van der Waals surface area (Å²) in [6.45, 7) is 5.00. The predicted octanol–water partition coefficient (Wildman–Crippen LogP) is 3.65. The highest BCUT2D eigenvalue weighted by Gasteiger charge is 2.11. The van der Waals surface area contributed by atoms with E-state index < -0.39 is 0 Å². The topological polar surface area (TPSA) is 42.0 Å². The van der Waals surface area contributed by atoms with E-state index in [1.54, 1.807) is 11.3 Å². The Morgan fingerprint density at radius 1 is 1.44 bits per heavy atom. The molecule has 1 amide bonds. The van der Waals surface area contributed by atoms with Crippen LogP contribution in [0.2, 0.25) is 0 Å². The largest absolute Gasteiger partial charge is 0.351 e. The maximum atomic E-state index is 11.8. The molecule has 0 bridgehead atoms. The molecule has 2 aromatic heterocycles. The Hall–Kier alpha value is -1.20. The molecule has 3 nitrogen and oxygen atoms in total. The van der Waals surface area contributed by atoms with Crippen molar-refractivity contribution in [3.63, 3.8) is 0 Å². The van der Waals surface area contributed by atoms with E-state index >= 15 is 0 Å². The standard InChI is InChI=1S/C13H16N2OS2/c1-9(2)3-5-14-12(16)11-8-18-13(15-11)10-4-6-17-7-10/h4,6-9H,3,5H2,1-2H3,(H,14,16). The van der Waals surface area contributed by atoms with Gasteiger partial charge in [0.05, 0.1) is 0 Å². The lowest BCUT2D eigenvalue weighted by atomic mass is 10.1. The lowest BCUT2D eigenvalue weighted by Crippen LogP contribution is -2.25. The highest BCUT2D eigenvalue weighted by molar-refractivity contribution is 7.14. The number of carbonyl (C=O) groups excluding carboxylic acids is 1. The van der Waals surface area contributed by atoms with Crippen LogP contribution < -0.4 is 5.32 Å². The summed E-state index contributed by atoms with van der Waals surface area (Å²) < 4.78 is 0. The average Bonchev–Trinajstić information content (AvgIpc) is 2.99. The minimum atomic E-state index is -0.0756. The van der Waals surface area contributed by atoms with Crippen molar-refractivity contribution in [1.82, 2.24) is 10.3 Å². The second-order valence-electron chi connectivity index (χ2n) is 4.49. The third kappa shape index (κ3) is 3.40. The lowest BCUT2D eigenvalue weighted by molar-refractivity contribution is 0.0948. The molecule has 18 heavy (non-hydrogen) atoms. The minimum Gasteiger partial charge on any atom is -0.351 e. The number of nitrogens with zero attached hydrogens (tertiary/aromatic N) is 1. The number of rotatable bonds is 5. The number of thiophene rings is 1. The molecule has 5 heteroatoms. The molecule has 0 radical (unpaired) electrons. The van der Waals surface area contributed by atoms with Gasteiger partial charge in [-0.15, -0.1) is 11.3 Å². The Morgan fingerprint density at radius 3 is 2.94 bits per heavy atom. The van der Waals surface area contributed by atoms with Crippen molar-refractivity contribution < 1.29 is 4.79 Å². The first-order valence-corrected chi connectivity index (χ1v) is 7.75. The third-order valence-corrected chi connectivity index (χ3v) is 4.09. The van der Waals surface area contributed by atoms with Crippen LogP contribution in [0.1, 0.15) is 30.8 Å². The van der Waals surface area contributed by atoms with E-state index in [1.165, 1.54) is 11.3 Å². The molecule has 0 aliphatic rings. The molecule has 0 saturated heterocycles. The van der Waals surface area contributed by atoms with Gasteiger partial charge in [0, 0.05) is 22.9 Å². The predicted molar refractivity (Wildman–Crippen MR) is 77.2 cm³/mol. The van der Waals surface area contributed by atoms with Crippen LogP contribution in [0, 0.1) is 5.92 Å². The summed E-state index contributed by atoms with van der Waals surface area (Å²) in [6, 6.07) is 2.02. The van der Waals surface area contributed by atoms with Gasteiger partial charge in [-0.3, -0.25) is 4.79 Å². The zero-order valence-electron chi connectivity index (χ0n) is 10.5. The molecule has 0 aliphatic carbocycles. The zero-order chi connectivity index (χ0) is 13.0. The Kier molecular flexibility index (Phi) is 4.49. The fraction of sp³-hybridized carbons (Fsp3) is 0.385. The van der Waals surface area contributed by atoms with E-state index in [0.717, 1.165) is 17.0 Å². The van der Waals surface area contributed by atoms with Crippen LogP contribution in [0.5, 0.6) is 0 Å². The van der Waals surface area contributed by atoms with Crippen LogP contribution in [0.25, 0.3) is 10.6 Å². The second-order valence-corrected chi connectivity index (χ2v) is 6.13. The lowest BCUT2D eigenvalue weighted by Gasteiger charge is -2.05. The van der Waals surface area contributed by atoms with Crippen LogP contribution in [0.3, 0.4) is 0 Å². The van der Waals surface area contributed by atoms with Crippen molar-refractivity contribution in [3.05, 3.63) is 27.9 Å². The SMILES string of the molecule is CC(C)CCNC(=O)c1csc(-c2ccsc2)n1. The van der Waals surface area contributed by atoms with Crippen molar-refractivity contribution in [3.8, 4) is 10.6 Å². The summed E-state index contributed by atoms with van der Waals surface area (Å²) in [6.07, 6.45) is 0.993. The van der Waals surface area contributed by atoms with E-state index in [-0.39, 0.29) is 5.91 Å². The highest BCUT2D eigenvalue weighted by Crippen LogP contribution is 2.25. The Balaban J connectivity index is 1.95. The van der Waals surface area contributed by atoms with E-state index in [9.17, 15) is 4.79 Å². The van der Waals surface area contributed by atoms with Gasteiger partial charge in [-0.1, -0.05) is 13.8 Å². The highest BCUT2D eigenvalue weighted by atomic mass is 32.1. The van der Waals surface area contributed by atoms with Gasteiger partial charge in [-0.25, -0.2) is 4.98 Å². The summed E-state index contributed by atoms with van der Waals surface area (Å²) in [5, 5.41) is 9.68. The van der Waals surface area contributed by atoms with Crippen LogP contribution >= 0.6 is 22.7 Å². The first kappa shape index (κ1) is 13.2. The normalized spacial score (nSPS) is 10.8. The number of hydrogen-bond donors (Lipinski definition) is 1. The van der Waals surface area contributed by atoms with Crippen molar-refractivity contribution in [2.45, 2.75) is 20.3 Å². The molecule has 0 unspecified atom stereocenters. The zero-order valence-corrected chi connectivity index (χ0v) is 12.1. The smallest absolute Gasteiger partial charge is 0.270 e. The Labute approximate surface area is 115 Å². The average molecular weight is 280 g/mol. The Bertz CT molecular complexity index is 503. The maximum absolute atomic E-state index is 11.8. The van der Waals surface area contributed by atoms with Crippen molar-refractivity contribution in [2.24, 2.45) is 5.92 Å². The molecule has 0 spiro atoms. The minimum absolute atomic E-state index is 0.0756. The molecule has 2 heterocycles. The maximum Gasteiger partial charge on any atom is 0.270 e. The van der Waals surface area contributed by atoms with Crippen LogP contribution in [-0.2, 0) is 0 Å². The summed E-state index contributed by atoms with van der Waals surface area (Å²) in [5.41, 5.74) is 1.61. The Morgan fingerprint density at radius 2 is 2.28 bits per heavy atom. The van der Waals surface area contributed by atoms with Gasteiger partial charge < -0.3 is 5.32 Å². The van der Waals surface area contributed by atoms with Crippen LogP contribution in [0.15, 0.2) is 22.2 Å². The van der Waals surface area contributed by atoms with Gasteiger partial charge in [-0.2, -0.15) is 11.3 Å². The molecule has 1 N–H and O–H groups in total. The molecule has 0 aromatic carbocycles. The van der Waals surface area contributed by atoms with Crippen molar-refractivity contribution >= 4 is 28.6 Å². The molecular formula is C13H16N2OS2. The number of carbonyl (C=O) groups is 1. The third-order valence-electron chi connectivity index (χ3n) is 2.51. The molecule has 0 fully saturated rings. The first-order valence-electron chi connectivity index (χ1n) is 5.93. The van der Waals surface area contributed by atoms with E-state index in [2.05, 4.69) is 24.1 Å². The van der Waals surface area contributed by atoms with Gasteiger partial charge in [0.15, 0.2) is 0 Å². The summed E-state index contributed by atoms with van der Waals surface area (Å²) in [4.78, 5) is 16.2. The number of aromatic nitrogens is 1. The van der Waals surface area contributed by atoms with Gasteiger partial charge in [0.1, 0.15) is 10.7 Å². The van der Waals surface area contributed by atoms with Gasteiger partial charge in [0.25, 0.3) is 5.91 Å². The van der Waals surface area contributed by atoms with Crippen LogP contribution in [0.4, 0.5) is 0 Å². The van der Waals surface area contributed by atoms with E-state index in [4.69, 9.17) is 0 Å². The molecule has 2 rings (SSSR count). The van der Waals surface area contributed by atoms with Gasteiger partial charge in [-0.05, 0) is 23.8 Å². The quantitative estimate of drug-likeness (QED) is 0.908. The summed E-state index contributed by atoms with van der Waals surface area (Å²) >= 11 is 3.15. The van der Waals surface area contributed by atoms with E-state index in [0.29, 0.717) is 18.2 Å². The second kappa shape index (κ2) is 6.11. The molecular weight excluding hydrogens is 264 g/mol. The molecule has 2 aromatic rings. The molecule has 0 atom stereocenters. The van der Waals surface area contributed by atoms with E-state index in [1.807, 2.05) is 22.2 Å². The van der Waals surface area contributed by atoms with Gasteiger partial charge >= 0.3 is 0 Å². The van der Waals surface area contributed by atoms with Crippen molar-refractivity contribution in [1.29, 1.82) is 0 Å². The van der Waals surface area contributed by atoms with Crippen LogP contribution in [-0.4, -0.2) is 17.4 Å². The number of amides is 1.